The zero-order valence-corrected chi connectivity index (χ0v) is 10.4. The molecule has 0 spiro atoms. The summed E-state index contributed by atoms with van der Waals surface area (Å²) in [5.74, 6) is -5.49. The molecule has 7 heteroatoms. The van der Waals surface area contributed by atoms with E-state index in [1.807, 2.05) is 0 Å². The maximum atomic E-state index is 13.2. The highest BCUT2D eigenvalue weighted by atomic mass is 19.2. The summed E-state index contributed by atoms with van der Waals surface area (Å²) < 4.78 is 38.9. The fourth-order valence-electron chi connectivity index (χ4n) is 1.62. The monoisotopic (exact) mass is 295 g/mol. The molecule has 108 valence electrons. The first-order valence-corrected chi connectivity index (χ1v) is 5.67. The molecular weight excluding hydrogens is 287 g/mol. The number of benzene rings is 2. The first-order chi connectivity index (χ1) is 9.88. The molecule has 0 aromatic heterocycles. The van der Waals surface area contributed by atoms with Gasteiger partial charge in [-0.15, -0.1) is 0 Å². The summed E-state index contributed by atoms with van der Waals surface area (Å²) in [7, 11) is 0. The number of amides is 1. The SMILES string of the molecule is O=C(Nc1cc(F)c(F)cc1C(=O)O)c1ccc(F)cc1. The Morgan fingerprint density at radius 3 is 2.10 bits per heavy atom. The minimum absolute atomic E-state index is 0.0393. The van der Waals surface area contributed by atoms with Crippen LogP contribution in [0.3, 0.4) is 0 Å². The number of hydrogen-bond acceptors (Lipinski definition) is 2. The molecule has 0 fully saturated rings. The topological polar surface area (TPSA) is 66.4 Å². The quantitative estimate of drug-likeness (QED) is 0.914. The lowest BCUT2D eigenvalue weighted by Crippen LogP contribution is -2.15. The zero-order chi connectivity index (χ0) is 15.6. The number of carbonyl (C=O) groups is 2. The van der Waals surface area contributed by atoms with Crippen LogP contribution in [0.15, 0.2) is 36.4 Å². The van der Waals surface area contributed by atoms with Crippen LogP contribution < -0.4 is 5.32 Å². The molecule has 0 heterocycles. The lowest BCUT2D eigenvalue weighted by molar-refractivity contribution is 0.0697. The smallest absolute Gasteiger partial charge is 0.337 e. The van der Waals surface area contributed by atoms with Gasteiger partial charge in [0.15, 0.2) is 11.6 Å². The summed E-state index contributed by atoms with van der Waals surface area (Å²) in [6.45, 7) is 0. The predicted molar refractivity (Wildman–Crippen MR) is 67.7 cm³/mol. The van der Waals surface area contributed by atoms with E-state index >= 15 is 0 Å². The maximum Gasteiger partial charge on any atom is 0.337 e. The van der Waals surface area contributed by atoms with Crippen LogP contribution in [0, 0.1) is 17.5 Å². The lowest BCUT2D eigenvalue weighted by atomic mass is 10.1. The van der Waals surface area contributed by atoms with Crippen LogP contribution in [-0.2, 0) is 0 Å². The van der Waals surface area contributed by atoms with Gasteiger partial charge >= 0.3 is 5.97 Å². The van der Waals surface area contributed by atoms with E-state index in [-0.39, 0.29) is 5.56 Å². The number of carboxylic acids is 1. The Morgan fingerprint density at radius 1 is 0.952 bits per heavy atom. The van der Waals surface area contributed by atoms with Crippen LogP contribution in [0.4, 0.5) is 18.9 Å². The van der Waals surface area contributed by atoms with E-state index in [2.05, 4.69) is 5.32 Å². The first kappa shape index (κ1) is 14.6. The van der Waals surface area contributed by atoms with Crippen LogP contribution in [0.1, 0.15) is 20.7 Å². The van der Waals surface area contributed by atoms with E-state index in [0.717, 1.165) is 12.1 Å². The fraction of sp³-hybridized carbons (Fsp3) is 0. The number of anilines is 1. The number of aromatic carboxylic acids is 1. The van der Waals surface area contributed by atoms with Crippen molar-refractivity contribution in [3.8, 4) is 0 Å². The Bertz CT molecular complexity index is 714. The normalized spacial score (nSPS) is 10.2. The van der Waals surface area contributed by atoms with Crippen molar-refractivity contribution in [3.05, 3.63) is 65.0 Å². The van der Waals surface area contributed by atoms with Crippen molar-refractivity contribution in [1.82, 2.24) is 0 Å². The highest BCUT2D eigenvalue weighted by Crippen LogP contribution is 2.21. The molecule has 21 heavy (non-hydrogen) atoms. The van der Waals surface area contributed by atoms with Crippen LogP contribution in [0.5, 0.6) is 0 Å². The van der Waals surface area contributed by atoms with Gasteiger partial charge in [0.25, 0.3) is 5.91 Å². The molecular formula is C14H8F3NO3. The van der Waals surface area contributed by atoms with Crippen molar-refractivity contribution < 1.29 is 27.9 Å². The molecule has 2 aromatic rings. The number of halogens is 3. The van der Waals surface area contributed by atoms with Crippen molar-refractivity contribution in [3.63, 3.8) is 0 Å². The molecule has 2 rings (SSSR count). The third kappa shape index (κ3) is 3.19. The molecule has 0 bridgehead atoms. The second kappa shape index (κ2) is 5.66. The summed E-state index contributed by atoms with van der Waals surface area (Å²) in [4.78, 5) is 22.8. The van der Waals surface area contributed by atoms with Crippen LogP contribution in [-0.4, -0.2) is 17.0 Å². The number of hydrogen-bond donors (Lipinski definition) is 2. The Labute approximate surface area is 116 Å². The molecule has 0 aliphatic carbocycles. The molecule has 1 amide bonds. The summed E-state index contributed by atoms with van der Waals surface area (Å²) >= 11 is 0. The lowest BCUT2D eigenvalue weighted by Gasteiger charge is -2.09. The van der Waals surface area contributed by atoms with Crippen molar-refractivity contribution in [2.24, 2.45) is 0 Å². The van der Waals surface area contributed by atoms with Gasteiger partial charge < -0.3 is 10.4 Å². The van der Waals surface area contributed by atoms with Gasteiger partial charge in [-0.3, -0.25) is 4.79 Å². The van der Waals surface area contributed by atoms with Crippen molar-refractivity contribution in [1.29, 1.82) is 0 Å². The molecule has 0 saturated heterocycles. The van der Waals surface area contributed by atoms with Crippen LogP contribution in [0.25, 0.3) is 0 Å². The van der Waals surface area contributed by atoms with Crippen molar-refractivity contribution >= 4 is 17.6 Å². The van der Waals surface area contributed by atoms with Gasteiger partial charge in [-0.1, -0.05) is 0 Å². The van der Waals surface area contributed by atoms with Gasteiger partial charge in [-0.05, 0) is 30.3 Å². The summed E-state index contributed by atoms with van der Waals surface area (Å²) in [6.07, 6.45) is 0. The maximum absolute atomic E-state index is 13.2. The summed E-state index contributed by atoms with van der Waals surface area (Å²) in [5.41, 5.74) is -0.947. The molecule has 0 saturated carbocycles. The van der Waals surface area contributed by atoms with Gasteiger partial charge in [-0.2, -0.15) is 0 Å². The number of nitrogens with one attached hydrogen (secondary N) is 1. The summed E-state index contributed by atoms with van der Waals surface area (Å²) in [5, 5.41) is 11.1. The Morgan fingerprint density at radius 2 is 1.52 bits per heavy atom. The van der Waals surface area contributed by atoms with Gasteiger partial charge in [0, 0.05) is 11.6 Å². The third-order valence-electron chi connectivity index (χ3n) is 2.65. The first-order valence-electron chi connectivity index (χ1n) is 5.67. The largest absolute Gasteiger partial charge is 0.478 e. The molecule has 4 nitrogen and oxygen atoms in total. The minimum atomic E-state index is -1.52. The van der Waals surface area contributed by atoms with E-state index in [4.69, 9.17) is 5.11 Å². The van der Waals surface area contributed by atoms with Crippen LogP contribution >= 0.6 is 0 Å². The van der Waals surface area contributed by atoms with E-state index in [9.17, 15) is 22.8 Å². The standard InChI is InChI=1S/C14H8F3NO3/c15-8-3-1-7(2-4-8)13(19)18-12-6-11(17)10(16)5-9(12)14(20)21/h1-6H,(H,18,19)(H,20,21). The van der Waals surface area contributed by atoms with Crippen molar-refractivity contribution in [2.45, 2.75) is 0 Å². The van der Waals surface area contributed by atoms with Gasteiger partial charge in [0.2, 0.25) is 0 Å². The Balaban J connectivity index is 2.34. The highest BCUT2D eigenvalue weighted by Gasteiger charge is 2.17. The molecule has 0 atom stereocenters. The molecule has 0 aliphatic heterocycles. The van der Waals surface area contributed by atoms with Crippen molar-refractivity contribution in [2.75, 3.05) is 5.32 Å². The predicted octanol–water partition coefficient (Wildman–Crippen LogP) is 3.05. The number of carboxylic acid groups (broad SMARTS) is 1. The Kier molecular flexibility index (Phi) is 3.93. The number of carbonyl (C=O) groups excluding carboxylic acids is 1. The molecule has 0 radical (unpaired) electrons. The fourth-order valence-corrected chi connectivity index (χ4v) is 1.62. The molecule has 2 aromatic carbocycles. The summed E-state index contributed by atoms with van der Waals surface area (Å²) in [6, 6.07) is 5.46. The van der Waals surface area contributed by atoms with Crippen LogP contribution in [0.2, 0.25) is 0 Å². The van der Waals surface area contributed by atoms with E-state index in [1.54, 1.807) is 0 Å². The second-order valence-corrected chi connectivity index (χ2v) is 4.08. The minimum Gasteiger partial charge on any atom is -0.478 e. The van der Waals surface area contributed by atoms with E-state index in [0.29, 0.717) is 12.1 Å². The highest BCUT2D eigenvalue weighted by molar-refractivity contribution is 6.07. The molecule has 0 unspecified atom stereocenters. The van der Waals surface area contributed by atoms with Gasteiger partial charge in [0.1, 0.15) is 5.82 Å². The molecule has 2 N–H and O–H groups in total. The molecule has 0 aliphatic rings. The average Bonchev–Trinajstić information content (AvgIpc) is 2.43. The number of rotatable bonds is 3. The van der Waals surface area contributed by atoms with Gasteiger partial charge in [0.05, 0.1) is 11.3 Å². The van der Waals surface area contributed by atoms with Gasteiger partial charge in [-0.25, -0.2) is 18.0 Å². The van der Waals surface area contributed by atoms with E-state index in [1.165, 1.54) is 12.1 Å². The third-order valence-corrected chi connectivity index (χ3v) is 2.65. The average molecular weight is 295 g/mol. The van der Waals surface area contributed by atoms with E-state index < -0.39 is 40.6 Å². The second-order valence-electron chi connectivity index (χ2n) is 4.08. The Hall–Kier alpha value is -2.83. The zero-order valence-electron chi connectivity index (χ0n) is 10.4.